The number of aliphatic carboxylic acids is 2. The fourth-order valence-corrected chi connectivity index (χ4v) is 5.51. The summed E-state index contributed by atoms with van der Waals surface area (Å²) in [5, 5.41) is 17.7. The molecule has 1 atom stereocenters. The zero-order valence-corrected chi connectivity index (χ0v) is 22.6. The minimum absolute atomic E-state index is 0.209. The lowest BCUT2D eigenvalue weighted by Gasteiger charge is -2.15. The number of aryl methyl sites for hydroxylation is 1. The Morgan fingerprint density at radius 3 is 2.06 bits per heavy atom. The van der Waals surface area contributed by atoms with Crippen molar-refractivity contribution in [3.63, 3.8) is 0 Å². The number of hydrogen-bond donors (Lipinski definition) is 3. The molecule has 0 aliphatic heterocycles. The van der Waals surface area contributed by atoms with E-state index in [1.54, 1.807) is 19.1 Å². The van der Waals surface area contributed by atoms with Crippen LogP contribution in [0.15, 0.2) is 24.3 Å². The molecule has 2 aromatic rings. The third-order valence-electron chi connectivity index (χ3n) is 4.01. The predicted molar refractivity (Wildman–Crippen MR) is 138 cm³/mol. The van der Waals surface area contributed by atoms with E-state index in [0.717, 1.165) is 12.7 Å². The Morgan fingerprint density at radius 2 is 1.55 bits per heavy atom. The molecule has 4 N–H and O–H groups in total. The molecular weight excluding hydrogens is 747 g/mol. The van der Waals surface area contributed by atoms with Crippen LogP contribution in [-0.4, -0.2) is 34.2 Å². The van der Waals surface area contributed by atoms with Crippen LogP contribution in [0.2, 0.25) is 0 Å². The van der Waals surface area contributed by atoms with E-state index < -0.39 is 23.9 Å². The maximum absolute atomic E-state index is 11.9. The molecule has 0 heterocycles. The monoisotopic (exact) mass is 765 g/mol. The van der Waals surface area contributed by atoms with Crippen LogP contribution in [0.4, 0.5) is 0 Å². The summed E-state index contributed by atoms with van der Waals surface area (Å²) in [7, 11) is 0. The van der Waals surface area contributed by atoms with Gasteiger partial charge in [0.15, 0.2) is 5.75 Å². The standard InChI is InChI=1S/C20H18I3NO7/c1-9-4-11(8-14(23)18(9)31-17(27)3-2-16(25)26)30-19-12(21)5-10(6-13(19)22)7-15(24)20(28)29/h4-6,8,15H,2-3,7,24H2,1H3,(H,25,26)(H,28,29)/t15-/m0/s1. The number of carboxylic acids is 2. The first kappa shape index (κ1) is 26.1. The fraction of sp³-hybridized carbons (Fsp3) is 0.250. The number of carbonyl (C=O) groups excluding carboxylic acids is 1. The molecule has 31 heavy (non-hydrogen) atoms. The molecule has 2 aromatic carbocycles. The lowest BCUT2D eigenvalue weighted by atomic mass is 10.1. The molecule has 2 rings (SSSR count). The van der Waals surface area contributed by atoms with E-state index in [9.17, 15) is 14.4 Å². The second-order valence-electron chi connectivity index (χ2n) is 6.56. The van der Waals surface area contributed by atoms with E-state index in [-0.39, 0.29) is 19.3 Å². The predicted octanol–water partition coefficient (Wildman–Crippen LogP) is 4.33. The number of halogens is 3. The number of carbonyl (C=O) groups is 3. The molecule has 0 amide bonds. The Hall–Kier alpha value is -1.20. The number of ether oxygens (including phenoxy) is 2. The molecule has 11 heteroatoms. The SMILES string of the molecule is Cc1cc(Oc2c(I)cc(C[C@H](N)C(=O)O)cc2I)cc(I)c1OC(=O)CCC(=O)O. The van der Waals surface area contributed by atoms with Crippen molar-refractivity contribution in [1.29, 1.82) is 0 Å². The first-order valence-electron chi connectivity index (χ1n) is 8.84. The summed E-state index contributed by atoms with van der Waals surface area (Å²) in [5.74, 6) is -1.21. The minimum atomic E-state index is -1.06. The molecule has 0 aromatic heterocycles. The first-order chi connectivity index (χ1) is 14.5. The summed E-state index contributed by atoms with van der Waals surface area (Å²) in [6.45, 7) is 1.77. The molecule has 0 spiro atoms. The third-order valence-corrected chi connectivity index (χ3v) is 6.42. The summed E-state index contributed by atoms with van der Waals surface area (Å²) < 4.78 is 13.6. The summed E-state index contributed by atoms with van der Waals surface area (Å²) in [6, 6.07) is 6.12. The van der Waals surface area contributed by atoms with Gasteiger partial charge in [-0.1, -0.05) is 0 Å². The molecule has 0 aliphatic carbocycles. The quantitative estimate of drug-likeness (QED) is 0.195. The number of carboxylic acid groups (broad SMARTS) is 2. The van der Waals surface area contributed by atoms with Gasteiger partial charge in [0.25, 0.3) is 0 Å². The van der Waals surface area contributed by atoms with Gasteiger partial charge in [-0.3, -0.25) is 14.4 Å². The Morgan fingerprint density at radius 1 is 0.968 bits per heavy atom. The van der Waals surface area contributed by atoms with Crippen LogP contribution in [0.1, 0.15) is 24.0 Å². The molecule has 166 valence electrons. The van der Waals surface area contributed by atoms with Crippen molar-refractivity contribution in [2.45, 2.75) is 32.2 Å². The van der Waals surface area contributed by atoms with Crippen molar-refractivity contribution in [1.82, 2.24) is 0 Å². The number of rotatable bonds is 9. The molecular formula is C20H18I3NO7. The number of esters is 1. The van der Waals surface area contributed by atoms with Crippen LogP contribution >= 0.6 is 67.8 Å². The molecule has 8 nitrogen and oxygen atoms in total. The van der Waals surface area contributed by atoms with Gasteiger partial charge in [-0.05, 0) is 117 Å². The summed E-state index contributed by atoms with van der Waals surface area (Å²) in [4.78, 5) is 33.5. The van der Waals surface area contributed by atoms with Gasteiger partial charge in [-0.15, -0.1) is 0 Å². The topological polar surface area (TPSA) is 136 Å². The Balaban J connectivity index is 2.20. The number of hydrogen-bond acceptors (Lipinski definition) is 6. The zero-order chi connectivity index (χ0) is 23.3. The highest BCUT2D eigenvalue weighted by atomic mass is 127. The highest BCUT2D eigenvalue weighted by Gasteiger charge is 2.18. The highest BCUT2D eigenvalue weighted by Crippen LogP contribution is 2.37. The van der Waals surface area contributed by atoms with Crippen molar-refractivity contribution >= 4 is 85.7 Å². The molecule has 0 aliphatic rings. The summed E-state index contributed by atoms with van der Waals surface area (Å²) in [6.07, 6.45) is -0.294. The normalized spacial score (nSPS) is 11.6. The maximum Gasteiger partial charge on any atom is 0.320 e. The van der Waals surface area contributed by atoms with Gasteiger partial charge in [0.2, 0.25) is 0 Å². The molecule has 0 saturated carbocycles. The van der Waals surface area contributed by atoms with Crippen LogP contribution < -0.4 is 15.2 Å². The molecule has 0 saturated heterocycles. The third kappa shape index (κ3) is 7.71. The largest absolute Gasteiger partial charge is 0.481 e. The van der Waals surface area contributed by atoms with Crippen molar-refractivity contribution < 1.29 is 34.1 Å². The van der Waals surface area contributed by atoms with Crippen molar-refractivity contribution in [2.75, 3.05) is 0 Å². The summed E-state index contributed by atoms with van der Waals surface area (Å²) >= 11 is 6.26. The van der Waals surface area contributed by atoms with Crippen LogP contribution in [0.5, 0.6) is 17.2 Å². The van der Waals surface area contributed by atoms with Crippen molar-refractivity contribution in [3.05, 3.63) is 46.1 Å². The van der Waals surface area contributed by atoms with Crippen molar-refractivity contribution in [3.8, 4) is 17.2 Å². The van der Waals surface area contributed by atoms with Gasteiger partial charge in [-0.2, -0.15) is 0 Å². The van der Waals surface area contributed by atoms with Crippen molar-refractivity contribution in [2.24, 2.45) is 5.73 Å². The van der Waals surface area contributed by atoms with Gasteiger partial charge in [0.1, 0.15) is 17.5 Å². The van der Waals surface area contributed by atoms with Crippen LogP contribution in [0, 0.1) is 17.6 Å². The lowest BCUT2D eigenvalue weighted by Crippen LogP contribution is -2.32. The number of nitrogens with two attached hydrogens (primary N) is 1. The van der Waals surface area contributed by atoms with E-state index in [1.807, 2.05) is 34.7 Å². The fourth-order valence-electron chi connectivity index (χ4n) is 2.55. The minimum Gasteiger partial charge on any atom is -0.481 e. The van der Waals surface area contributed by atoms with Gasteiger partial charge >= 0.3 is 17.9 Å². The van der Waals surface area contributed by atoms with Crippen LogP contribution in [0.25, 0.3) is 0 Å². The molecule has 0 unspecified atom stereocenters. The van der Waals surface area contributed by atoms with Gasteiger partial charge in [0.05, 0.1) is 23.6 Å². The van der Waals surface area contributed by atoms with E-state index in [1.165, 1.54) is 0 Å². The maximum atomic E-state index is 11.9. The van der Waals surface area contributed by atoms with Gasteiger partial charge in [-0.25, -0.2) is 0 Å². The van der Waals surface area contributed by atoms with Crippen LogP contribution in [0.3, 0.4) is 0 Å². The van der Waals surface area contributed by atoms with E-state index in [2.05, 4.69) is 45.2 Å². The average Bonchev–Trinajstić information content (AvgIpc) is 2.65. The zero-order valence-electron chi connectivity index (χ0n) is 16.2. The average molecular weight is 765 g/mol. The Bertz CT molecular complexity index is 980. The van der Waals surface area contributed by atoms with Gasteiger partial charge < -0.3 is 25.4 Å². The molecule has 0 bridgehead atoms. The second-order valence-corrected chi connectivity index (χ2v) is 10.0. The van der Waals surface area contributed by atoms with Crippen LogP contribution in [-0.2, 0) is 20.8 Å². The van der Waals surface area contributed by atoms with E-state index >= 15 is 0 Å². The first-order valence-corrected chi connectivity index (χ1v) is 12.1. The van der Waals surface area contributed by atoms with E-state index in [0.29, 0.717) is 26.4 Å². The second kappa shape index (κ2) is 11.6. The molecule has 0 radical (unpaired) electrons. The lowest BCUT2D eigenvalue weighted by molar-refractivity contribution is -0.142. The van der Waals surface area contributed by atoms with E-state index in [4.69, 9.17) is 25.4 Å². The number of benzene rings is 2. The highest BCUT2D eigenvalue weighted by molar-refractivity contribution is 14.1. The summed E-state index contributed by atoms with van der Waals surface area (Å²) in [5.41, 5.74) is 7.09. The van der Waals surface area contributed by atoms with Gasteiger partial charge in [0, 0.05) is 0 Å². The molecule has 0 fully saturated rings. The Labute approximate surface area is 219 Å². The Kier molecular flexibility index (Phi) is 9.75. The smallest absolute Gasteiger partial charge is 0.320 e.